The van der Waals surface area contributed by atoms with Crippen LogP contribution >= 0.6 is 0 Å². The molecule has 0 saturated heterocycles. The van der Waals surface area contributed by atoms with Crippen molar-refractivity contribution in [3.05, 3.63) is 35.5 Å². The molecule has 37 heavy (non-hydrogen) atoms. The van der Waals surface area contributed by atoms with Crippen molar-refractivity contribution in [1.29, 1.82) is 0 Å². The van der Waals surface area contributed by atoms with E-state index in [1.54, 1.807) is 0 Å². The van der Waals surface area contributed by atoms with E-state index in [1.807, 2.05) is 13.0 Å². The number of hydrogen-bond donors (Lipinski definition) is 3. The van der Waals surface area contributed by atoms with E-state index in [9.17, 15) is 20.1 Å². The molecule has 0 aromatic heterocycles. The van der Waals surface area contributed by atoms with Gasteiger partial charge in [-0.15, -0.1) is 0 Å². The molecule has 0 aliphatic heterocycles. The highest BCUT2D eigenvalue weighted by Crippen LogP contribution is 2.59. The summed E-state index contributed by atoms with van der Waals surface area (Å²) >= 11 is 0. The second-order valence-electron chi connectivity index (χ2n) is 12.9. The van der Waals surface area contributed by atoms with Crippen LogP contribution in [0.25, 0.3) is 0 Å². The molecule has 7 atom stereocenters. The number of carbonyl (C=O) groups excluding carboxylic acids is 1. The lowest BCUT2D eigenvalue weighted by Gasteiger charge is -2.44. The summed E-state index contributed by atoms with van der Waals surface area (Å²) in [6, 6.07) is 0. The van der Waals surface area contributed by atoms with E-state index in [-0.39, 0.29) is 17.3 Å². The summed E-state index contributed by atoms with van der Waals surface area (Å²) in [4.78, 5) is 12.6. The standard InChI is InChI=1S/C32H50O5/c1-5-6-18-37-30(36)32(16-17-32)29(35)14-9-21(2)25-12-13-26-24(8-7-15-31(25,26)4)11-10-23-19-27(33)22(3)28(34)20-23/h9-11,14,21-22,25-29,33-35H,5-8,12-13,15-20H2,1-4H3/b14-9+,23-10?,24-11+/t21?,22?,25-,26+,27-,28-,29+,31-/m1/s1. The second-order valence-corrected chi connectivity index (χ2v) is 12.9. The highest BCUT2D eigenvalue weighted by atomic mass is 16.5. The molecule has 4 fully saturated rings. The van der Waals surface area contributed by atoms with Crippen LogP contribution in [0.3, 0.4) is 0 Å². The molecule has 0 bridgehead atoms. The van der Waals surface area contributed by atoms with Gasteiger partial charge >= 0.3 is 5.97 Å². The Hall–Kier alpha value is -1.43. The third kappa shape index (κ3) is 5.94. The first-order valence-corrected chi connectivity index (χ1v) is 14.9. The summed E-state index contributed by atoms with van der Waals surface area (Å²) in [7, 11) is 0. The SMILES string of the molecule is CCCCOC(=O)C1([C@@H](O)/C=C/C(C)[C@H]2CC[C@H]3/C(=C/C=C4C[C@@H](O)C(C)[C@H](O)C4)CCC[C@]23C)CC1. The Morgan fingerprint density at radius 2 is 1.81 bits per heavy atom. The molecule has 0 spiro atoms. The number of hydrogen-bond acceptors (Lipinski definition) is 5. The minimum absolute atomic E-state index is 0.0621. The van der Waals surface area contributed by atoms with Gasteiger partial charge in [-0.05, 0) is 87.4 Å². The summed E-state index contributed by atoms with van der Waals surface area (Å²) in [5.41, 5.74) is 2.18. The van der Waals surface area contributed by atoms with Crippen molar-refractivity contribution >= 4 is 5.97 Å². The zero-order valence-electron chi connectivity index (χ0n) is 23.5. The molecular formula is C32H50O5. The predicted octanol–water partition coefficient (Wildman–Crippen LogP) is 5.88. The fourth-order valence-electron chi connectivity index (χ4n) is 7.56. The number of aliphatic hydroxyl groups excluding tert-OH is 3. The highest BCUT2D eigenvalue weighted by Gasteiger charge is 2.56. The monoisotopic (exact) mass is 514 g/mol. The summed E-state index contributed by atoms with van der Waals surface area (Å²) in [5.74, 6) is 1.14. The molecule has 0 aromatic rings. The zero-order chi connectivity index (χ0) is 26.8. The van der Waals surface area contributed by atoms with Crippen molar-refractivity contribution in [3.8, 4) is 0 Å². The molecule has 208 valence electrons. The van der Waals surface area contributed by atoms with Crippen molar-refractivity contribution in [2.24, 2.45) is 34.5 Å². The van der Waals surface area contributed by atoms with Crippen LogP contribution in [0.2, 0.25) is 0 Å². The van der Waals surface area contributed by atoms with Gasteiger partial charge in [0, 0.05) is 5.92 Å². The molecule has 1 unspecified atom stereocenters. The smallest absolute Gasteiger partial charge is 0.315 e. The lowest BCUT2D eigenvalue weighted by Crippen LogP contribution is -2.36. The Morgan fingerprint density at radius 1 is 1.11 bits per heavy atom. The van der Waals surface area contributed by atoms with Crippen molar-refractivity contribution in [3.63, 3.8) is 0 Å². The molecular weight excluding hydrogens is 464 g/mol. The van der Waals surface area contributed by atoms with Crippen LogP contribution in [0.1, 0.15) is 98.3 Å². The minimum atomic E-state index is -0.772. The van der Waals surface area contributed by atoms with Crippen LogP contribution in [-0.4, -0.2) is 46.2 Å². The minimum Gasteiger partial charge on any atom is -0.465 e. The molecule has 5 heteroatoms. The van der Waals surface area contributed by atoms with Gasteiger partial charge in [0.15, 0.2) is 0 Å². The zero-order valence-corrected chi connectivity index (χ0v) is 23.5. The molecule has 4 saturated carbocycles. The molecule has 0 aromatic carbocycles. The number of rotatable bonds is 9. The van der Waals surface area contributed by atoms with E-state index in [2.05, 4.69) is 39.0 Å². The van der Waals surface area contributed by atoms with Crippen LogP contribution < -0.4 is 0 Å². The first kappa shape index (κ1) is 28.6. The molecule has 0 radical (unpaired) electrons. The van der Waals surface area contributed by atoms with Gasteiger partial charge < -0.3 is 20.1 Å². The van der Waals surface area contributed by atoms with Crippen LogP contribution in [0, 0.1) is 34.5 Å². The first-order valence-electron chi connectivity index (χ1n) is 14.9. The summed E-state index contributed by atoms with van der Waals surface area (Å²) in [5, 5.41) is 31.5. The predicted molar refractivity (Wildman–Crippen MR) is 147 cm³/mol. The molecule has 0 amide bonds. The largest absolute Gasteiger partial charge is 0.465 e. The molecule has 4 rings (SSSR count). The Bertz CT molecular complexity index is 885. The van der Waals surface area contributed by atoms with Gasteiger partial charge in [-0.3, -0.25) is 4.79 Å². The fourth-order valence-corrected chi connectivity index (χ4v) is 7.56. The normalized spacial score (nSPS) is 37.9. The third-order valence-electron chi connectivity index (χ3n) is 10.5. The maximum Gasteiger partial charge on any atom is 0.315 e. The fraction of sp³-hybridized carbons (Fsp3) is 0.781. The number of allylic oxidation sites excluding steroid dienone is 4. The topological polar surface area (TPSA) is 87.0 Å². The van der Waals surface area contributed by atoms with Gasteiger partial charge in [0.1, 0.15) is 0 Å². The van der Waals surface area contributed by atoms with E-state index >= 15 is 0 Å². The second kappa shape index (κ2) is 11.8. The summed E-state index contributed by atoms with van der Waals surface area (Å²) in [6.07, 6.45) is 17.3. The average Bonchev–Trinajstić information content (AvgIpc) is 3.60. The van der Waals surface area contributed by atoms with Crippen molar-refractivity contribution in [2.75, 3.05) is 6.61 Å². The molecule has 4 aliphatic carbocycles. The third-order valence-corrected chi connectivity index (χ3v) is 10.5. The number of fused-ring (bicyclic) bond motifs is 1. The van der Waals surface area contributed by atoms with Crippen LogP contribution in [0.4, 0.5) is 0 Å². The van der Waals surface area contributed by atoms with E-state index in [0.717, 1.165) is 24.8 Å². The van der Waals surface area contributed by atoms with Crippen molar-refractivity contribution < 1.29 is 24.9 Å². The number of ether oxygens (including phenoxy) is 1. The van der Waals surface area contributed by atoms with Crippen LogP contribution in [0.5, 0.6) is 0 Å². The van der Waals surface area contributed by atoms with E-state index in [0.29, 0.717) is 50.0 Å². The Kier molecular flexibility index (Phi) is 9.08. The Labute approximate surface area is 224 Å². The average molecular weight is 515 g/mol. The lowest BCUT2D eigenvalue weighted by molar-refractivity contribution is -0.153. The van der Waals surface area contributed by atoms with Gasteiger partial charge in [-0.25, -0.2) is 0 Å². The molecule has 5 nitrogen and oxygen atoms in total. The van der Waals surface area contributed by atoms with E-state index < -0.39 is 23.7 Å². The van der Waals surface area contributed by atoms with E-state index in [1.165, 1.54) is 31.3 Å². The van der Waals surface area contributed by atoms with Crippen molar-refractivity contribution in [2.45, 2.75) is 117 Å². The first-order chi connectivity index (χ1) is 17.6. The Balaban J connectivity index is 1.40. The van der Waals surface area contributed by atoms with Gasteiger partial charge in [-0.2, -0.15) is 0 Å². The van der Waals surface area contributed by atoms with Crippen LogP contribution in [0.15, 0.2) is 35.5 Å². The summed E-state index contributed by atoms with van der Waals surface area (Å²) < 4.78 is 5.45. The number of aliphatic hydroxyl groups is 3. The van der Waals surface area contributed by atoms with Gasteiger partial charge in [-0.1, -0.05) is 69.6 Å². The number of esters is 1. The van der Waals surface area contributed by atoms with Gasteiger partial charge in [0.2, 0.25) is 0 Å². The molecule has 0 heterocycles. The summed E-state index contributed by atoms with van der Waals surface area (Å²) in [6.45, 7) is 9.17. The number of unbranched alkanes of at least 4 members (excludes halogenated alkanes) is 1. The lowest BCUT2D eigenvalue weighted by atomic mass is 9.61. The van der Waals surface area contributed by atoms with Crippen LogP contribution in [-0.2, 0) is 9.53 Å². The maximum absolute atomic E-state index is 12.6. The molecule has 4 aliphatic rings. The quantitative estimate of drug-likeness (QED) is 0.203. The maximum atomic E-state index is 12.6. The van der Waals surface area contributed by atoms with E-state index in [4.69, 9.17) is 4.74 Å². The Morgan fingerprint density at radius 3 is 2.46 bits per heavy atom. The molecule has 3 N–H and O–H groups in total. The van der Waals surface area contributed by atoms with Crippen molar-refractivity contribution in [1.82, 2.24) is 0 Å². The number of carbonyl (C=O) groups is 1. The van der Waals surface area contributed by atoms with Gasteiger partial charge in [0.05, 0.1) is 30.3 Å². The van der Waals surface area contributed by atoms with Gasteiger partial charge in [0.25, 0.3) is 0 Å². The highest BCUT2D eigenvalue weighted by molar-refractivity contribution is 5.81.